The summed E-state index contributed by atoms with van der Waals surface area (Å²) in [6.45, 7) is 7.39. The van der Waals surface area contributed by atoms with E-state index >= 15 is 0 Å². The maximum atomic E-state index is 12.1. The molecule has 0 radical (unpaired) electrons. The molecule has 5 nitrogen and oxygen atoms in total. The predicted octanol–water partition coefficient (Wildman–Crippen LogP) is 0.882. The lowest BCUT2D eigenvalue weighted by Crippen LogP contribution is -2.49. The Hall–Kier alpha value is -1.10. The highest BCUT2D eigenvalue weighted by atomic mass is 16.5. The molecule has 0 bridgehead atoms. The average molecular weight is 268 g/mol. The number of hydrogen-bond acceptors (Lipinski definition) is 4. The molecule has 2 unspecified atom stereocenters. The molecular formula is C14H24N2O3. The van der Waals surface area contributed by atoms with E-state index in [9.17, 15) is 9.59 Å². The van der Waals surface area contributed by atoms with E-state index in [1.807, 2.05) is 4.90 Å². The highest BCUT2D eigenvalue weighted by Crippen LogP contribution is 2.35. The van der Waals surface area contributed by atoms with Crippen LogP contribution in [0.4, 0.5) is 0 Å². The van der Waals surface area contributed by atoms with Gasteiger partial charge in [-0.25, -0.2) is 0 Å². The second-order valence-corrected chi connectivity index (χ2v) is 5.49. The summed E-state index contributed by atoms with van der Waals surface area (Å²) >= 11 is 0. The third-order valence-corrected chi connectivity index (χ3v) is 4.04. The Morgan fingerprint density at radius 2 is 2.00 bits per heavy atom. The van der Waals surface area contributed by atoms with Crippen molar-refractivity contribution in [2.45, 2.75) is 38.7 Å². The van der Waals surface area contributed by atoms with Gasteiger partial charge in [0, 0.05) is 32.6 Å². The third-order valence-electron chi connectivity index (χ3n) is 4.04. The van der Waals surface area contributed by atoms with Crippen molar-refractivity contribution in [2.75, 3.05) is 32.7 Å². The van der Waals surface area contributed by atoms with Crippen molar-refractivity contribution in [1.29, 1.82) is 0 Å². The molecule has 1 aliphatic carbocycles. The molecule has 2 aliphatic rings. The van der Waals surface area contributed by atoms with Crippen LogP contribution in [0.25, 0.3) is 0 Å². The summed E-state index contributed by atoms with van der Waals surface area (Å²) in [5, 5.41) is 0. The van der Waals surface area contributed by atoms with Crippen molar-refractivity contribution >= 4 is 12.4 Å². The first-order chi connectivity index (χ1) is 9.26. The van der Waals surface area contributed by atoms with Gasteiger partial charge in [-0.15, -0.1) is 0 Å². The van der Waals surface area contributed by atoms with Crippen LogP contribution < -0.4 is 0 Å². The number of ether oxygens (including phenoxy) is 1. The van der Waals surface area contributed by atoms with E-state index in [4.69, 9.17) is 4.74 Å². The molecule has 2 rings (SSSR count). The maximum absolute atomic E-state index is 12.1. The Balaban J connectivity index is 1.66. The van der Waals surface area contributed by atoms with Crippen LogP contribution in [0.3, 0.4) is 0 Å². The van der Waals surface area contributed by atoms with Crippen LogP contribution in [0.15, 0.2) is 0 Å². The Kier molecular flexibility index (Phi) is 5.19. The first-order valence-corrected chi connectivity index (χ1v) is 7.36. The van der Waals surface area contributed by atoms with E-state index in [1.165, 1.54) is 19.3 Å². The molecule has 1 saturated heterocycles. The second kappa shape index (κ2) is 6.89. The van der Waals surface area contributed by atoms with Crippen LogP contribution in [0, 0.1) is 5.92 Å². The van der Waals surface area contributed by atoms with E-state index in [0.717, 1.165) is 32.7 Å². The van der Waals surface area contributed by atoms with Crippen molar-refractivity contribution < 1.29 is 14.3 Å². The molecule has 108 valence electrons. The molecule has 2 fully saturated rings. The number of nitrogens with zero attached hydrogens (tertiary/aromatic N) is 2. The molecule has 5 heteroatoms. The zero-order valence-electron chi connectivity index (χ0n) is 11.7. The van der Waals surface area contributed by atoms with E-state index < -0.39 is 0 Å². The van der Waals surface area contributed by atoms with Crippen molar-refractivity contribution in [3.05, 3.63) is 0 Å². The molecule has 1 amide bonds. The Bertz CT molecular complexity index is 314. The van der Waals surface area contributed by atoms with Gasteiger partial charge in [-0.1, -0.05) is 19.8 Å². The fourth-order valence-corrected chi connectivity index (χ4v) is 2.67. The molecule has 1 heterocycles. The van der Waals surface area contributed by atoms with E-state index in [0.29, 0.717) is 12.9 Å². The highest BCUT2D eigenvalue weighted by Gasteiger charge is 2.47. The second-order valence-electron chi connectivity index (χ2n) is 5.49. The lowest BCUT2D eigenvalue weighted by molar-refractivity contribution is -0.137. The average Bonchev–Trinajstić information content (AvgIpc) is 3.19. The van der Waals surface area contributed by atoms with Crippen LogP contribution in [-0.2, 0) is 14.3 Å². The van der Waals surface area contributed by atoms with Gasteiger partial charge in [0.05, 0.1) is 5.92 Å². The summed E-state index contributed by atoms with van der Waals surface area (Å²) in [7, 11) is 0. The largest absolute Gasteiger partial charge is 0.464 e. The van der Waals surface area contributed by atoms with Gasteiger partial charge < -0.3 is 9.64 Å². The van der Waals surface area contributed by atoms with Crippen LogP contribution >= 0.6 is 0 Å². The summed E-state index contributed by atoms with van der Waals surface area (Å²) in [6, 6.07) is 0. The van der Waals surface area contributed by atoms with Gasteiger partial charge in [0.15, 0.2) is 0 Å². The number of unbranched alkanes of at least 4 members (excludes halogenated alkanes) is 2. The molecule has 2 atom stereocenters. The molecule has 1 saturated carbocycles. The third kappa shape index (κ3) is 3.93. The van der Waals surface area contributed by atoms with E-state index in [1.54, 1.807) is 0 Å². The fraction of sp³-hybridized carbons (Fsp3) is 0.857. The molecule has 0 aromatic heterocycles. The van der Waals surface area contributed by atoms with Crippen molar-refractivity contribution in [2.24, 2.45) is 5.92 Å². The number of rotatable bonds is 7. The number of hydrogen-bond donors (Lipinski definition) is 0. The van der Waals surface area contributed by atoms with E-state index in [-0.39, 0.29) is 17.9 Å². The van der Waals surface area contributed by atoms with Crippen LogP contribution in [0.5, 0.6) is 0 Å². The van der Waals surface area contributed by atoms with E-state index in [2.05, 4.69) is 11.8 Å². The molecule has 0 aromatic carbocycles. The minimum Gasteiger partial charge on any atom is -0.464 e. The van der Waals surface area contributed by atoms with Gasteiger partial charge in [0.1, 0.15) is 6.10 Å². The number of carbonyl (C=O) groups is 2. The monoisotopic (exact) mass is 268 g/mol. The summed E-state index contributed by atoms with van der Waals surface area (Å²) in [5.74, 6) is 0.0944. The summed E-state index contributed by atoms with van der Waals surface area (Å²) in [6.07, 6.45) is 4.33. The van der Waals surface area contributed by atoms with Crippen molar-refractivity contribution in [3.63, 3.8) is 0 Å². The van der Waals surface area contributed by atoms with Gasteiger partial charge in [0.25, 0.3) is 6.47 Å². The predicted molar refractivity (Wildman–Crippen MR) is 71.6 cm³/mol. The maximum Gasteiger partial charge on any atom is 0.293 e. The number of amides is 1. The quantitative estimate of drug-likeness (QED) is 0.508. The van der Waals surface area contributed by atoms with Gasteiger partial charge in [-0.3, -0.25) is 14.5 Å². The highest BCUT2D eigenvalue weighted by molar-refractivity contribution is 5.82. The Labute approximate surface area is 114 Å². The minimum absolute atomic E-state index is 0.0724. The lowest BCUT2D eigenvalue weighted by Gasteiger charge is -2.34. The first-order valence-electron chi connectivity index (χ1n) is 7.36. The molecular weight excluding hydrogens is 244 g/mol. The van der Waals surface area contributed by atoms with Crippen molar-refractivity contribution in [1.82, 2.24) is 9.80 Å². The summed E-state index contributed by atoms with van der Waals surface area (Å²) < 4.78 is 4.83. The normalized spacial score (nSPS) is 27.1. The van der Waals surface area contributed by atoms with Gasteiger partial charge in [-0.05, 0) is 13.0 Å². The Morgan fingerprint density at radius 1 is 1.26 bits per heavy atom. The Morgan fingerprint density at radius 3 is 2.63 bits per heavy atom. The minimum atomic E-state index is -0.160. The molecule has 0 aromatic rings. The fourth-order valence-electron chi connectivity index (χ4n) is 2.67. The lowest BCUT2D eigenvalue weighted by atomic mass is 10.2. The van der Waals surface area contributed by atoms with Gasteiger partial charge >= 0.3 is 0 Å². The summed E-state index contributed by atoms with van der Waals surface area (Å²) in [4.78, 5) is 26.7. The van der Waals surface area contributed by atoms with Crippen LogP contribution in [-0.4, -0.2) is 61.0 Å². The molecule has 1 aliphatic heterocycles. The topological polar surface area (TPSA) is 49.9 Å². The zero-order valence-corrected chi connectivity index (χ0v) is 11.7. The van der Waals surface area contributed by atoms with Crippen LogP contribution in [0.2, 0.25) is 0 Å². The smallest absolute Gasteiger partial charge is 0.293 e. The summed E-state index contributed by atoms with van der Waals surface area (Å²) in [5.41, 5.74) is 0. The molecule has 0 spiro atoms. The van der Waals surface area contributed by atoms with Crippen molar-refractivity contribution in [3.8, 4) is 0 Å². The van der Waals surface area contributed by atoms with Gasteiger partial charge in [-0.2, -0.15) is 0 Å². The molecule has 0 N–H and O–H groups in total. The number of piperazine rings is 1. The van der Waals surface area contributed by atoms with Crippen LogP contribution in [0.1, 0.15) is 32.6 Å². The molecule has 19 heavy (non-hydrogen) atoms. The van der Waals surface area contributed by atoms with Gasteiger partial charge in [0.2, 0.25) is 5.91 Å². The first kappa shape index (κ1) is 14.3. The SMILES string of the molecule is CCCCCN1CCN(C(=O)C2CC2OC=O)CC1. The zero-order chi connectivity index (χ0) is 13.7. The standard InChI is InChI=1S/C14H24N2O3/c1-2-3-4-5-15-6-8-16(9-7-15)14(18)12-10-13(12)19-11-17/h11-13H,2-10H2,1H3. The number of carbonyl (C=O) groups excluding carboxylic acids is 2.